The van der Waals surface area contributed by atoms with Gasteiger partial charge in [-0.3, -0.25) is 0 Å². The number of hydrogen-bond acceptors (Lipinski definition) is 0. The lowest BCUT2D eigenvalue weighted by molar-refractivity contribution is -0.467. The van der Waals surface area contributed by atoms with Crippen LogP contribution in [0.25, 0.3) is 0 Å². The maximum absolute atomic E-state index is 3.58. The van der Waals surface area contributed by atoms with Crippen LogP contribution in [-0.2, 0) is 0 Å². The van der Waals surface area contributed by atoms with E-state index in [0.717, 1.165) is 5.92 Å². The lowest BCUT2D eigenvalue weighted by Gasteiger charge is -2.15. The minimum atomic E-state index is 0.950. The fourth-order valence-corrected chi connectivity index (χ4v) is 2.41. The Kier molecular flexibility index (Phi) is 2.25. The highest BCUT2D eigenvalue weighted by Gasteiger charge is 2.25. The van der Waals surface area contributed by atoms with E-state index in [1.54, 1.807) is 5.71 Å². The number of nitrogens with one attached hydrogen (secondary N) is 1. The van der Waals surface area contributed by atoms with E-state index < -0.39 is 0 Å². The van der Waals surface area contributed by atoms with Gasteiger partial charge in [0.15, 0.2) is 5.71 Å². The van der Waals surface area contributed by atoms with Gasteiger partial charge in [0, 0.05) is 18.8 Å². The summed E-state index contributed by atoms with van der Waals surface area (Å²) in [7, 11) is 0. The number of fused-ring (bicyclic) bond motifs is 1. The van der Waals surface area contributed by atoms with Gasteiger partial charge in [-0.2, -0.15) is 0 Å². The van der Waals surface area contributed by atoms with Crippen LogP contribution in [0.1, 0.15) is 44.9 Å². The first-order valence-electron chi connectivity index (χ1n) is 5.06. The van der Waals surface area contributed by atoms with Crippen molar-refractivity contribution in [1.82, 2.24) is 0 Å². The summed E-state index contributed by atoms with van der Waals surface area (Å²) in [6, 6.07) is 0. The summed E-state index contributed by atoms with van der Waals surface area (Å²) in [5.41, 5.74) is 1.69. The van der Waals surface area contributed by atoms with Crippen molar-refractivity contribution in [2.75, 3.05) is 6.54 Å². The first-order chi connectivity index (χ1) is 5.47. The van der Waals surface area contributed by atoms with Gasteiger partial charge in [-0.25, -0.2) is 4.99 Å². The van der Waals surface area contributed by atoms with E-state index in [1.807, 2.05) is 0 Å². The Balaban J connectivity index is 2.07. The Morgan fingerprint density at radius 3 is 2.91 bits per heavy atom. The maximum Gasteiger partial charge on any atom is 0.153 e. The van der Waals surface area contributed by atoms with Gasteiger partial charge in [0.25, 0.3) is 0 Å². The van der Waals surface area contributed by atoms with Crippen LogP contribution in [0.5, 0.6) is 0 Å². The van der Waals surface area contributed by atoms with E-state index in [1.165, 1.54) is 51.5 Å². The van der Waals surface area contributed by atoms with E-state index in [-0.39, 0.29) is 0 Å². The van der Waals surface area contributed by atoms with Crippen molar-refractivity contribution in [1.29, 1.82) is 0 Å². The Morgan fingerprint density at radius 2 is 1.91 bits per heavy atom. The fraction of sp³-hybridized carbons (Fsp3) is 0.900. The molecule has 0 radical (unpaired) electrons. The van der Waals surface area contributed by atoms with Crippen LogP contribution in [0.15, 0.2) is 0 Å². The van der Waals surface area contributed by atoms with Crippen LogP contribution < -0.4 is 4.99 Å². The van der Waals surface area contributed by atoms with Gasteiger partial charge in [0.05, 0.1) is 0 Å². The highest BCUT2D eigenvalue weighted by atomic mass is 14.8. The Morgan fingerprint density at radius 1 is 1.00 bits per heavy atom. The van der Waals surface area contributed by atoms with E-state index in [2.05, 4.69) is 4.99 Å². The smallest absolute Gasteiger partial charge is 0.153 e. The molecular formula is C10H18N+. The Hall–Kier alpha value is -0.330. The van der Waals surface area contributed by atoms with E-state index in [0.29, 0.717) is 0 Å². The van der Waals surface area contributed by atoms with Crippen molar-refractivity contribution < 1.29 is 4.99 Å². The largest absolute Gasteiger partial charge is 0.249 e. The molecule has 1 aliphatic heterocycles. The van der Waals surface area contributed by atoms with Crippen molar-refractivity contribution in [3.05, 3.63) is 0 Å². The van der Waals surface area contributed by atoms with E-state index in [9.17, 15) is 0 Å². The maximum atomic E-state index is 3.58. The summed E-state index contributed by atoms with van der Waals surface area (Å²) < 4.78 is 0. The standard InChI is InChI=1S/C10H17N/c1-2-5-9-6-4-8-11-10(9)7-3-1/h9H,1-8H2/p+1. The molecular weight excluding hydrogens is 134 g/mol. The second kappa shape index (κ2) is 3.38. The van der Waals surface area contributed by atoms with Crippen LogP contribution in [0, 0.1) is 5.92 Å². The minimum absolute atomic E-state index is 0.950. The summed E-state index contributed by atoms with van der Waals surface area (Å²) in [6.45, 7) is 1.24. The van der Waals surface area contributed by atoms with Crippen LogP contribution >= 0.6 is 0 Å². The molecule has 0 saturated heterocycles. The summed E-state index contributed by atoms with van der Waals surface area (Å²) in [4.78, 5) is 3.58. The first kappa shape index (κ1) is 7.33. The number of rotatable bonds is 0. The van der Waals surface area contributed by atoms with E-state index in [4.69, 9.17) is 0 Å². The van der Waals surface area contributed by atoms with Crippen LogP contribution in [0.3, 0.4) is 0 Å². The predicted octanol–water partition coefficient (Wildman–Crippen LogP) is 0.882. The van der Waals surface area contributed by atoms with Crippen molar-refractivity contribution in [3.8, 4) is 0 Å². The molecule has 1 N–H and O–H groups in total. The summed E-state index contributed by atoms with van der Waals surface area (Å²) in [6.07, 6.45) is 10.0. The fourth-order valence-electron chi connectivity index (χ4n) is 2.41. The molecule has 1 nitrogen and oxygen atoms in total. The molecule has 2 rings (SSSR count). The minimum Gasteiger partial charge on any atom is -0.249 e. The van der Waals surface area contributed by atoms with Crippen LogP contribution in [0.2, 0.25) is 0 Å². The molecule has 0 bridgehead atoms. The molecule has 0 amide bonds. The first-order valence-corrected chi connectivity index (χ1v) is 5.06. The van der Waals surface area contributed by atoms with Crippen LogP contribution in [0.4, 0.5) is 0 Å². The average Bonchev–Trinajstić information content (AvgIpc) is 2.28. The third kappa shape index (κ3) is 1.63. The third-order valence-corrected chi connectivity index (χ3v) is 3.07. The quantitative estimate of drug-likeness (QED) is 0.530. The normalized spacial score (nSPS) is 32.0. The molecule has 1 atom stereocenters. The zero-order chi connectivity index (χ0) is 7.52. The lowest BCUT2D eigenvalue weighted by Crippen LogP contribution is -2.76. The number of hydrogen-bond donors (Lipinski definition) is 1. The molecule has 11 heavy (non-hydrogen) atoms. The van der Waals surface area contributed by atoms with Crippen LogP contribution in [-0.4, -0.2) is 12.3 Å². The predicted molar refractivity (Wildman–Crippen MR) is 46.6 cm³/mol. The molecule has 1 aliphatic carbocycles. The van der Waals surface area contributed by atoms with Gasteiger partial charge in [-0.1, -0.05) is 12.8 Å². The van der Waals surface area contributed by atoms with Crippen molar-refractivity contribution in [3.63, 3.8) is 0 Å². The van der Waals surface area contributed by atoms with Gasteiger partial charge in [0.1, 0.15) is 6.54 Å². The molecule has 2 aliphatic rings. The van der Waals surface area contributed by atoms with Crippen molar-refractivity contribution >= 4 is 5.71 Å². The van der Waals surface area contributed by atoms with Gasteiger partial charge < -0.3 is 0 Å². The molecule has 0 aromatic carbocycles. The summed E-state index contributed by atoms with van der Waals surface area (Å²) >= 11 is 0. The average molecular weight is 152 g/mol. The summed E-state index contributed by atoms with van der Waals surface area (Å²) in [5.74, 6) is 0.950. The van der Waals surface area contributed by atoms with Crippen molar-refractivity contribution in [2.24, 2.45) is 5.92 Å². The zero-order valence-electron chi connectivity index (χ0n) is 7.23. The van der Waals surface area contributed by atoms with Gasteiger partial charge in [-0.15, -0.1) is 0 Å². The topological polar surface area (TPSA) is 14.0 Å². The SMILES string of the molecule is C1CCC2=[NH+]CCCC2CC1. The summed E-state index contributed by atoms with van der Waals surface area (Å²) in [5, 5.41) is 0. The molecule has 1 saturated carbocycles. The lowest BCUT2D eigenvalue weighted by atomic mass is 9.91. The Bertz CT molecular complexity index is 160. The second-order valence-corrected chi connectivity index (χ2v) is 3.89. The third-order valence-electron chi connectivity index (χ3n) is 3.07. The van der Waals surface area contributed by atoms with Gasteiger partial charge in [0.2, 0.25) is 0 Å². The van der Waals surface area contributed by atoms with Crippen molar-refractivity contribution in [2.45, 2.75) is 44.9 Å². The molecule has 1 heteroatoms. The molecule has 0 aromatic rings. The monoisotopic (exact) mass is 152 g/mol. The highest BCUT2D eigenvalue weighted by molar-refractivity contribution is 5.81. The van der Waals surface area contributed by atoms with E-state index >= 15 is 0 Å². The zero-order valence-corrected chi connectivity index (χ0v) is 7.23. The molecule has 1 unspecified atom stereocenters. The molecule has 1 heterocycles. The molecule has 0 aromatic heterocycles. The molecule has 62 valence electrons. The second-order valence-electron chi connectivity index (χ2n) is 3.89. The Labute approximate surface area is 68.9 Å². The molecule has 1 fully saturated rings. The molecule has 0 spiro atoms. The highest BCUT2D eigenvalue weighted by Crippen LogP contribution is 2.23. The van der Waals surface area contributed by atoms with Gasteiger partial charge >= 0.3 is 0 Å². The van der Waals surface area contributed by atoms with Gasteiger partial charge in [-0.05, 0) is 19.3 Å².